The number of hydrogen-bond donors (Lipinski definition) is 0. The highest BCUT2D eigenvalue weighted by molar-refractivity contribution is 6.07. The molecule has 0 saturated carbocycles. The van der Waals surface area contributed by atoms with Crippen LogP contribution in [0.3, 0.4) is 0 Å². The van der Waals surface area contributed by atoms with Gasteiger partial charge in [0.05, 0.1) is 0 Å². The van der Waals surface area contributed by atoms with Crippen molar-refractivity contribution in [2.24, 2.45) is 16.8 Å². The van der Waals surface area contributed by atoms with Gasteiger partial charge in [-0.05, 0) is 107 Å². The standard InChI is InChI=1S/C42H41N/c1-3-30(28-43-29(2)31-14-5-4-6-15-31)33-18-13-19-35(26-33)41-37-20-9-11-22-39(37)42(40-23-12-10-21-38(40)41)36-25-24-32-16-7-8-17-34(32)27-36/h3-6,8-12,14-15,17,20-26,28,32,34-36H,1,7,13,16,18-19,27H2,2H3/b30-28+,43-29+. The summed E-state index contributed by atoms with van der Waals surface area (Å²) in [7, 11) is 0. The molecule has 0 amide bonds. The van der Waals surface area contributed by atoms with E-state index in [0.717, 1.165) is 36.1 Å². The normalized spacial score (nSPS) is 24.2. The third kappa shape index (κ3) is 5.38. The van der Waals surface area contributed by atoms with Gasteiger partial charge in [-0.1, -0.05) is 122 Å². The Morgan fingerprint density at radius 3 is 2.07 bits per heavy atom. The fourth-order valence-electron chi connectivity index (χ4n) is 7.84. The molecule has 1 heteroatoms. The molecular formula is C42H41N. The van der Waals surface area contributed by atoms with Crippen molar-refractivity contribution >= 4 is 27.3 Å². The molecule has 0 radical (unpaired) electrons. The Bertz CT molecular complexity index is 1760. The maximum atomic E-state index is 4.86. The first-order chi connectivity index (χ1) is 21.2. The van der Waals surface area contributed by atoms with Crippen LogP contribution in [-0.4, -0.2) is 5.71 Å². The molecule has 0 aliphatic heterocycles. The van der Waals surface area contributed by atoms with Crippen LogP contribution in [0.1, 0.15) is 74.0 Å². The van der Waals surface area contributed by atoms with Gasteiger partial charge in [0, 0.05) is 23.7 Å². The number of hydrogen-bond acceptors (Lipinski definition) is 1. The van der Waals surface area contributed by atoms with E-state index in [0.29, 0.717) is 23.7 Å². The van der Waals surface area contributed by atoms with Crippen molar-refractivity contribution in [3.05, 3.63) is 156 Å². The summed E-state index contributed by atoms with van der Waals surface area (Å²) in [5.74, 6) is 2.15. The topological polar surface area (TPSA) is 12.4 Å². The molecule has 1 nitrogen and oxygen atoms in total. The summed E-state index contributed by atoms with van der Waals surface area (Å²) in [6.45, 7) is 6.27. The highest BCUT2D eigenvalue weighted by atomic mass is 14.7. The Morgan fingerprint density at radius 2 is 1.40 bits per heavy atom. The van der Waals surface area contributed by atoms with Crippen molar-refractivity contribution in [2.45, 2.75) is 57.3 Å². The second-order valence-electron chi connectivity index (χ2n) is 12.5. The number of nitrogens with zero attached hydrogens (tertiary/aromatic N) is 1. The number of aliphatic imine (C=N–C) groups is 1. The first-order valence-corrected chi connectivity index (χ1v) is 16.1. The van der Waals surface area contributed by atoms with Gasteiger partial charge in [-0.15, -0.1) is 0 Å². The van der Waals surface area contributed by atoms with Crippen LogP contribution in [0.5, 0.6) is 0 Å². The molecule has 0 N–H and O–H groups in total. The van der Waals surface area contributed by atoms with Gasteiger partial charge in [-0.3, -0.25) is 4.99 Å². The smallest absolute Gasteiger partial charge is 0.0445 e. The fourth-order valence-corrected chi connectivity index (χ4v) is 7.84. The molecule has 0 bridgehead atoms. The molecular weight excluding hydrogens is 518 g/mol. The number of allylic oxidation sites excluding steroid dienone is 8. The van der Waals surface area contributed by atoms with Gasteiger partial charge in [-0.2, -0.15) is 0 Å². The largest absolute Gasteiger partial charge is 0.260 e. The zero-order chi connectivity index (χ0) is 29.2. The number of fused-ring (bicyclic) bond motifs is 3. The van der Waals surface area contributed by atoms with Crippen molar-refractivity contribution in [3.63, 3.8) is 0 Å². The lowest BCUT2D eigenvalue weighted by Crippen LogP contribution is -2.20. The first-order valence-electron chi connectivity index (χ1n) is 16.1. The maximum absolute atomic E-state index is 4.86. The van der Waals surface area contributed by atoms with E-state index in [2.05, 4.69) is 117 Å². The van der Waals surface area contributed by atoms with Gasteiger partial charge >= 0.3 is 0 Å². The van der Waals surface area contributed by atoms with E-state index >= 15 is 0 Å². The van der Waals surface area contributed by atoms with Crippen LogP contribution in [0.4, 0.5) is 0 Å². The molecule has 0 heterocycles. The molecule has 214 valence electrons. The molecule has 0 aromatic heterocycles. The Kier molecular flexibility index (Phi) is 7.81. The average Bonchev–Trinajstić information content (AvgIpc) is 3.07. The minimum Gasteiger partial charge on any atom is -0.260 e. The Hall–Kier alpha value is -4.23. The average molecular weight is 560 g/mol. The molecule has 0 saturated heterocycles. The first kappa shape index (κ1) is 27.6. The van der Waals surface area contributed by atoms with E-state index in [9.17, 15) is 0 Å². The molecule has 4 atom stereocenters. The Balaban J connectivity index is 1.33. The summed E-state index contributed by atoms with van der Waals surface area (Å²) in [5.41, 5.74) is 7.66. The van der Waals surface area contributed by atoms with E-state index in [4.69, 9.17) is 4.99 Å². The second-order valence-corrected chi connectivity index (χ2v) is 12.5. The Labute approximate surface area is 256 Å². The summed E-state index contributed by atoms with van der Waals surface area (Å²) in [5, 5.41) is 5.67. The molecule has 0 fully saturated rings. The van der Waals surface area contributed by atoms with E-state index < -0.39 is 0 Å². The Morgan fingerprint density at radius 1 is 0.744 bits per heavy atom. The highest BCUT2D eigenvalue weighted by Gasteiger charge is 2.30. The zero-order valence-electron chi connectivity index (χ0n) is 25.3. The molecule has 0 spiro atoms. The monoisotopic (exact) mass is 559 g/mol. The summed E-state index contributed by atoms with van der Waals surface area (Å²) >= 11 is 0. The molecule has 4 unspecified atom stereocenters. The lowest BCUT2D eigenvalue weighted by molar-refractivity contribution is 0.374. The van der Waals surface area contributed by atoms with Gasteiger partial charge in [0.25, 0.3) is 0 Å². The van der Waals surface area contributed by atoms with Crippen LogP contribution in [0.25, 0.3) is 21.5 Å². The molecule has 4 aromatic rings. The third-order valence-electron chi connectivity index (χ3n) is 10.0. The molecule has 3 aliphatic rings. The number of benzene rings is 4. The van der Waals surface area contributed by atoms with Crippen LogP contribution < -0.4 is 0 Å². The number of rotatable bonds is 6. The van der Waals surface area contributed by atoms with Gasteiger partial charge in [0.2, 0.25) is 0 Å². The van der Waals surface area contributed by atoms with Gasteiger partial charge in [-0.25, -0.2) is 0 Å². The third-order valence-corrected chi connectivity index (χ3v) is 10.0. The van der Waals surface area contributed by atoms with Crippen LogP contribution in [0.15, 0.2) is 144 Å². The van der Waals surface area contributed by atoms with Crippen LogP contribution in [-0.2, 0) is 0 Å². The van der Waals surface area contributed by atoms with E-state index in [1.165, 1.54) is 57.5 Å². The van der Waals surface area contributed by atoms with Crippen LogP contribution >= 0.6 is 0 Å². The lowest BCUT2D eigenvalue weighted by Gasteiger charge is -2.34. The predicted molar refractivity (Wildman–Crippen MR) is 185 cm³/mol. The van der Waals surface area contributed by atoms with Crippen molar-refractivity contribution in [2.75, 3.05) is 0 Å². The lowest BCUT2D eigenvalue weighted by atomic mass is 9.70. The van der Waals surface area contributed by atoms with E-state index in [-0.39, 0.29) is 0 Å². The van der Waals surface area contributed by atoms with Crippen LogP contribution in [0.2, 0.25) is 0 Å². The summed E-state index contributed by atoms with van der Waals surface area (Å²) in [6, 6.07) is 28.8. The van der Waals surface area contributed by atoms with Crippen molar-refractivity contribution in [3.8, 4) is 0 Å². The highest BCUT2D eigenvalue weighted by Crippen LogP contribution is 2.48. The zero-order valence-corrected chi connectivity index (χ0v) is 25.3. The minimum atomic E-state index is 0.350. The SMILES string of the molecule is C=C/C(=C\N=C(/C)c1ccccc1)C1=CC(c2c3ccccc3c(C3C=CC4CCC=CC4C3)c3ccccc23)CCC1. The molecule has 7 rings (SSSR count). The van der Waals surface area contributed by atoms with Crippen LogP contribution in [0, 0.1) is 11.8 Å². The second kappa shape index (κ2) is 12.2. The molecule has 4 aromatic carbocycles. The van der Waals surface area contributed by atoms with Gasteiger partial charge < -0.3 is 0 Å². The molecule has 3 aliphatic carbocycles. The van der Waals surface area contributed by atoms with Gasteiger partial charge in [0.15, 0.2) is 0 Å². The molecule has 43 heavy (non-hydrogen) atoms. The predicted octanol–water partition coefficient (Wildman–Crippen LogP) is 11.4. The van der Waals surface area contributed by atoms with E-state index in [1.54, 1.807) is 0 Å². The fraction of sp³-hybridized carbons (Fsp3) is 0.262. The maximum Gasteiger partial charge on any atom is 0.0445 e. The quantitative estimate of drug-likeness (QED) is 0.0964. The summed E-state index contributed by atoms with van der Waals surface area (Å²) < 4.78 is 0. The van der Waals surface area contributed by atoms with Gasteiger partial charge in [0.1, 0.15) is 0 Å². The van der Waals surface area contributed by atoms with Crippen molar-refractivity contribution < 1.29 is 0 Å². The van der Waals surface area contributed by atoms with E-state index in [1.807, 2.05) is 18.3 Å². The minimum absolute atomic E-state index is 0.350. The summed E-state index contributed by atoms with van der Waals surface area (Å²) in [4.78, 5) is 4.86. The van der Waals surface area contributed by atoms with Crippen molar-refractivity contribution in [1.29, 1.82) is 0 Å². The summed E-state index contributed by atoms with van der Waals surface area (Å²) in [6.07, 6.45) is 23.6. The van der Waals surface area contributed by atoms with Crippen molar-refractivity contribution in [1.82, 2.24) is 0 Å².